The Labute approximate surface area is 118 Å². The molecule has 0 bridgehead atoms. The summed E-state index contributed by atoms with van der Waals surface area (Å²) < 4.78 is 0. The van der Waals surface area contributed by atoms with Crippen molar-refractivity contribution in [2.45, 2.75) is 6.61 Å². The number of hydrogen-bond donors (Lipinski definition) is 1. The number of rotatable bonds is 1. The van der Waals surface area contributed by atoms with E-state index in [1.165, 1.54) is 0 Å². The summed E-state index contributed by atoms with van der Waals surface area (Å²) in [7, 11) is 0. The number of hydrogen-bond acceptors (Lipinski definition) is 1. The van der Waals surface area contributed by atoms with Gasteiger partial charge in [0.15, 0.2) is 0 Å². The fourth-order valence-electron chi connectivity index (χ4n) is 0.650. The second-order valence-electron chi connectivity index (χ2n) is 1.89. The van der Waals surface area contributed by atoms with E-state index in [4.69, 9.17) is 28.3 Å². The SMILES string of the molecule is OCc1ccc(Cl)cc1Cl.[KH]. The summed E-state index contributed by atoms with van der Waals surface area (Å²) >= 11 is 11.3. The van der Waals surface area contributed by atoms with Gasteiger partial charge >= 0.3 is 51.4 Å². The molecular weight excluding hydrogens is 210 g/mol. The van der Waals surface area contributed by atoms with E-state index in [2.05, 4.69) is 0 Å². The van der Waals surface area contributed by atoms with Crippen LogP contribution < -0.4 is 0 Å². The van der Waals surface area contributed by atoms with E-state index in [0.717, 1.165) is 0 Å². The van der Waals surface area contributed by atoms with Gasteiger partial charge in [-0.2, -0.15) is 0 Å². The standard InChI is InChI=1S/C7H6Cl2O.K.H/c8-6-2-1-5(4-10)7(9)3-6;;/h1-3,10H,4H2;;. The van der Waals surface area contributed by atoms with Crippen LogP contribution in [0.3, 0.4) is 0 Å². The third-order valence-corrected chi connectivity index (χ3v) is 1.77. The molecule has 1 N–H and O–H groups in total. The Morgan fingerprint density at radius 1 is 1.27 bits per heavy atom. The second kappa shape index (κ2) is 5.94. The number of aliphatic hydroxyl groups is 1. The van der Waals surface area contributed by atoms with Gasteiger partial charge in [-0.25, -0.2) is 0 Å². The molecule has 0 aromatic heterocycles. The quantitative estimate of drug-likeness (QED) is 0.711. The summed E-state index contributed by atoms with van der Waals surface area (Å²) in [4.78, 5) is 0. The van der Waals surface area contributed by atoms with Crippen molar-refractivity contribution < 1.29 is 5.11 Å². The Kier molecular flexibility index (Phi) is 6.70. The second-order valence-corrected chi connectivity index (χ2v) is 2.74. The molecule has 1 aromatic rings. The number of benzene rings is 1. The fraction of sp³-hybridized carbons (Fsp3) is 0.143. The van der Waals surface area contributed by atoms with E-state index in [1.54, 1.807) is 18.2 Å². The summed E-state index contributed by atoms with van der Waals surface area (Å²) in [6.45, 7) is -0.0456. The Morgan fingerprint density at radius 2 is 1.91 bits per heavy atom. The van der Waals surface area contributed by atoms with Crippen LogP contribution in [0, 0.1) is 0 Å². The van der Waals surface area contributed by atoms with Gasteiger partial charge in [-0.15, -0.1) is 0 Å². The van der Waals surface area contributed by atoms with Crippen LogP contribution in [-0.4, -0.2) is 56.5 Å². The molecule has 56 valence electrons. The predicted octanol–water partition coefficient (Wildman–Crippen LogP) is 1.84. The Balaban J connectivity index is 0.000001000. The molecule has 0 aliphatic rings. The minimum atomic E-state index is -0.0456. The first-order valence-electron chi connectivity index (χ1n) is 2.79. The van der Waals surface area contributed by atoms with Gasteiger partial charge in [0, 0.05) is 10.0 Å². The topological polar surface area (TPSA) is 20.2 Å². The number of aliphatic hydroxyl groups excluding tert-OH is 1. The molecule has 1 aromatic carbocycles. The fourth-order valence-corrected chi connectivity index (χ4v) is 1.12. The molecule has 0 saturated heterocycles. The average Bonchev–Trinajstić information content (AvgIpc) is 1.88. The van der Waals surface area contributed by atoms with Crippen LogP contribution in [0.4, 0.5) is 0 Å². The molecule has 1 nitrogen and oxygen atoms in total. The third kappa shape index (κ3) is 3.74. The summed E-state index contributed by atoms with van der Waals surface area (Å²) in [5.74, 6) is 0. The van der Waals surface area contributed by atoms with Crippen molar-refractivity contribution in [3.8, 4) is 0 Å². The van der Waals surface area contributed by atoms with Gasteiger partial charge in [0.25, 0.3) is 0 Å². The zero-order chi connectivity index (χ0) is 7.56. The van der Waals surface area contributed by atoms with Crippen LogP contribution in [-0.2, 0) is 6.61 Å². The van der Waals surface area contributed by atoms with Crippen LogP contribution in [0.15, 0.2) is 18.2 Å². The predicted molar refractivity (Wildman–Crippen MR) is 49.5 cm³/mol. The average molecular weight is 217 g/mol. The van der Waals surface area contributed by atoms with E-state index in [1.807, 2.05) is 0 Å². The summed E-state index contributed by atoms with van der Waals surface area (Å²) in [6, 6.07) is 5.00. The van der Waals surface area contributed by atoms with Crippen LogP contribution in [0.25, 0.3) is 0 Å². The first-order valence-corrected chi connectivity index (χ1v) is 3.54. The molecular formula is C7H7Cl2KO. The van der Waals surface area contributed by atoms with E-state index in [-0.39, 0.29) is 58.0 Å². The normalized spacial score (nSPS) is 9.00. The van der Waals surface area contributed by atoms with E-state index in [0.29, 0.717) is 15.6 Å². The van der Waals surface area contributed by atoms with Crippen molar-refractivity contribution in [2.75, 3.05) is 0 Å². The van der Waals surface area contributed by atoms with Crippen molar-refractivity contribution in [1.82, 2.24) is 0 Å². The van der Waals surface area contributed by atoms with Crippen LogP contribution in [0.1, 0.15) is 5.56 Å². The van der Waals surface area contributed by atoms with Gasteiger partial charge in [0.1, 0.15) is 0 Å². The Bertz CT molecular complexity index is 240. The molecule has 0 heterocycles. The van der Waals surface area contributed by atoms with Crippen molar-refractivity contribution in [3.63, 3.8) is 0 Å². The van der Waals surface area contributed by atoms with E-state index >= 15 is 0 Å². The van der Waals surface area contributed by atoms with Crippen LogP contribution in [0.2, 0.25) is 10.0 Å². The van der Waals surface area contributed by atoms with Gasteiger partial charge in [0.05, 0.1) is 6.61 Å². The van der Waals surface area contributed by atoms with Gasteiger partial charge in [-0.3, -0.25) is 0 Å². The summed E-state index contributed by atoms with van der Waals surface area (Å²) in [5.41, 5.74) is 0.700. The Morgan fingerprint density at radius 3 is 2.36 bits per heavy atom. The summed E-state index contributed by atoms with van der Waals surface area (Å²) in [5, 5.41) is 9.78. The molecule has 0 fully saturated rings. The molecule has 0 amide bonds. The molecule has 0 spiro atoms. The first-order chi connectivity index (χ1) is 4.74. The van der Waals surface area contributed by atoms with Crippen molar-refractivity contribution in [3.05, 3.63) is 33.8 Å². The van der Waals surface area contributed by atoms with E-state index in [9.17, 15) is 0 Å². The third-order valence-electron chi connectivity index (χ3n) is 1.19. The van der Waals surface area contributed by atoms with Gasteiger partial charge < -0.3 is 5.11 Å². The zero-order valence-electron chi connectivity index (χ0n) is 5.14. The van der Waals surface area contributed by atoms with Crippen molar-refractivity contribution in [1.29, 1.82) is 0 Å². The van der Waals surface area contributed by atoms with Crippen LogP contribution in [0.5, 0.6) is 0 Å². The molecule has 0 unspecified atom stereocenters. The zero-order valence-corrected chi connectivity index (χ0v) is 6.65. The maximum atomic E-state index is 8.68. The molecule has 0 aliphatic carbocycles. The molecule has 1 rings (SSSR count). The van der Waals surface area contributed by atoms with Crippen LogP contribution >= 0.6 is 23.2 Å². The maximum absolute atomic E-state index is 8.68. The van der Waals surface area contributed by atoms with Gasteiger partial charge in [-0.1, -0.05) is 29.3 Å². The van der Waals surface area contributed by atoms with Gasteiger partial charge in [-0.05, 0) is 17.7 Å². The molecule has 0 radical (unpaired) electrons. The van der Waals surface area contributed by atoms with E-state index < -0.39 is 0 Å². The molecule has 4 heteroatoms. The monoisotopic (exact) mass is 216 g/mol. The van der Waals surface area contributed by atoms with Gasteiger partial charge in [0.2, 0.25) is 0 Å². The van der Waals surface area contributed by atoms with Crippen molar-refractivity contribution in [2.24, 2.45) is 0 Å². The number of halogens is 2. The summed E-state index contributed by atoms with van der Waals surface area (Å²) in [6.07, 6.45) is 0. The minimum absolute atomic E-state index is 0. The Hall–Kier alpha value is 1.40. The molecule has 0 atom stereocenters. The van der Waals surface area contributed by atoms with Crippen molar-refractivity contribution >= 4 is 74.6 Å². The first kappa shape index (κ1) is 12.4. The molecule has 11 heavy (non-hydrogen) atoms. The molecule has 0 saturated carbocycles. The molecule has 0 aliphatic heterocycles.